The largest absolute Gasteiger partial charge is 0.320 e. The van der Waals surface area contributed by atoms with Crippen LogP contribution in [0, 0.1) is 6.92 Å². The van der Waals surface area contributed by atoms with Gasteiger partial charge in [0.2, 0.25) is 0 Å². The van der Waals surface area contributed by atoms with Gasteiger partial charge in [-0.2, -0.15) is 8.75 Å². The number of aromatic nitrogens is 5. The lowest BCUT2D eigenvalue weighted by molar-refractivity contribution is 0.102. The number of aryl methyl sites for hydroxylation is 1. The van der Waals surface area contributed by atoms with Crippen LogP contribution in [0.5, 0.6) is 0 Å². The Labute approximate surface area is 151 Å². The Balaban J connectivity index is 1.72. The summed E-state index contributed by atoms with van der Waals surface area (Å²) in [5.74, 6) is -0.316. The maximum absolute atomic E-state index is 12.8. The average molecular weight is 371 g/mol. The van der Waals surface area contributed by atoms with Gasteiger partial charge in [-0.05, 0) is 36.8 Å². The number of nitrogens with zero attached hydrogens (tertiary/aromatic N) is 5. The van der Waals surface area contributed by atoms with E-state index < -0.39 is 0 Å². The van der Waals surface area contributed by atoms with Gasteiger partial charge in [0, 0.05) is 5.69 Å². The summed E-state index contributed by atoms with van der Waals surface area (Å²) in [5.41, 5.74) is 4.05. The highest BCUT2D eigenvalue weighted by atomic mass is 35.5. The summed E-state index contributed by atoms with van der Waals surface area (Å²) in [6, 6.07) is 8.93. The molecule has 2 aromatic carbocycles. The first-order chi connectivity index (χ1) is 12.1. The fraction of sp³-hybridized carbons (Fsp3) is 0.0625. The van der Waals surface area contributed by atoms with Gasteiger partial charge < -0.3 is 5.32 Å². The number of rotatable bonds is 3. The lowest BCUT2D eigenvalue weighted by Crippen LogP contribution is -2.14. The number of carbonyl (C=O) groups is 1. The Hall–Kier alpha value is -2.84. The fourth-order valence-corrected chi connectivity index (χ4v) is 3.22. The van der Waals surface area contributed by atoms with Gasteiger partial charge in [-0.25, -0.2) is 0 Å². The van der Waals surface area contributed by atoms with Crippen LogP contribution >= 0.6 is 23.3 Å². The summed E-state index contributed by atoms with van der Waals surface area (Å²) in [5, 5.41) is 10.8. The molecule has 0 fully saturated rings. The van der Waals surface area contributed by atoms with Gasteiger partial charge >= 0.3 is 0 Å². The number of carbonyl (C=O) groups excluding carboxylic acids is 1. The predicted molar refractivity (Wildman–Crippen MR) is 96.5 cm³/mol. The Bertz CT molecular complexity index is 1080. The summed E-state index contributed by atoms with van der Waals surface area (Å²) < 4.78 is 10.2. The van der Waals surface area contributed by atoms with Crippen molar-refractivity contribution in [2.24, 2.45) is 0 Å². The van der Waals surface area contributed by atoms with E-state index >= 15 is 0 Å². The first kappa shape index (κ1) is 15.7. The Morgan fingerprint density at radius 3 is 2.76 bits per heavy atom. The summed E-state index contributed by atoms with van der Waals surface area (Å²) in [6.07, 6.45) is 3.10. The molecule has 0 aliphatic heterocycles. The van der Waals surface area contributed by atoms with Crippen molar-refractivity contribution in [3.05, 3.63) is 59.1 Å². The molecule has 0 aliphatic carbocycles. The van der Waals surface area contributed by atoms with Crippen molar-refractivity contribution < 1.29 is 4.79 Å². The molecule has 0 spiro atoms. The molecule has 1 N–H and O–H groups in total. The molecule has 9 heteroatoms. The van der Waals surface area contributed by atoms with Gasteiger partial charge in [0.25, 0.3) is 5.91 Å². The number of benzene rings is 2. The summed E-state index contributed by atoms with van der Waals surface area (Å²) in [6.45, 7) is 1.91. The van der Waals surface area contributed by atoms with Crippen LogP contribution in [-0.4, -0.2) is 29.4 Å². The molecule has 0 saturated carbocycles. The number of hydrogen-bond donors (Lipinski definition) is 1. The first-order valence-electron chi connectivity index (χ1n) is 7.31. The highest BCUT2D eigenvalue weighted by Gasteiger charge is 2.16. The molecule has 0 unspecified atom stereocenters. The number of amides is 1. The second kappa shape index (κ2) is 6.23. The quantitative estimate of drug-likeness (QED) is 0.596. The molecule has 0 aliphatic rings. The van der Waals surface area contributed by atoms with Crippen LogP contribution in [0.25, 0.3) is 16.7 Å². The standard InChI is InChI=1S/C16H11ClN6OS/c1-9-2-5-13-15(22-25-21-13)14(9)20-16(24)11-6-10(3-4-12(11)17)23-7-18-19-8-23/h2-8H,1H3,(H,20,24). The second-order valence-corrected chi connectivity index (χ2v) is 6.31. The predicted octanol–water partition coefficient (Wildman–Crippen LogP) is 3.49. The van der Waals surface area contributed by atoms with E-state index in [4.69, 9.17) is 11.6 Å². The Morgan fingerprint density at radius 2 is 1.96 bits per heavy atom. The molecule has 0 saturated heterocycles. The minimum absolute atomic E-state index is 0.316. The molecule has 0 bridgehead atoms. The van der Waals surface area contributed by atoms with Crippen molar-refractivity contribution >= 4 is 46.0 Å². The third-order valence-corrected chi connectivity index (χ3v) is 4.66. The number of anilines is 1. The third-order valence-electron chi connectivity index (χ3n) is 3.79. The summed E-state index contributed by atoms with van der Waals surface area (Å²) >= 11 is 7.34. The van der Waals surface area contributed by atoms with Gasteiger partial charge in [-0.15, -0.1) is 10.2 Å². The van der Waals surface area contributed by atoms with Crippen molar-refractivity contribution in [1.29, 1.82) is 0 Å². The molecule has 2 heterocycles. The lowest BCUT2D eigenvalue weighted by Gasteiger charge is -2.11. The monoisotopic (exact) mass is 370 g/mol. The average Bonchev–Trinajstić information content (AvgIpc) is 3.29. The lowest BCUT2D eigenvalue weighted by atomic mass is 10.1. The van der Waals surface area contributed by atoms with Crippen molar-refractivity contribution in [2.75, 3.05) is 5.32 Å². The molecular formula is C16H11ClN6OS. The molecule has 1 amide bonds. The minimum Gasteiger partial charge on any atom is -0.320 e. The van der Waals surface area contributed by atoms with Crippen LogP contribution in [0.3, 0.4) is 0 Å². The van der Waals surface area contributed by atoms with Gasteiger partial charge in [-0.1, -0.05) is 17.7 Å². The number of hydrogen-bond acceptors (Lipinski definition) is 6. The van der Waals surface area contributed by atoms with Crippen LogP contribution in [0.15, 0.2) is 43.0 Å². The topological polar surface area (TPSA) is 85.6 Å². The van der Waals surface area contributed by atoms with E-state index in [0.717, 1.165) is 28.5 Å². The number of halogens is 1. The summed E-state index contributed by atoms with van der Waals surface area (Å²) in [4.78, 5) is 12.8. The van der Waals surface area contributed by atoms with Crippen LogP contribution < -0.4 is 5.32 Å². The van der Waals surface area contributed by atoms with Gasteiger partial charge in [0.05, 0.1) is 28.0 Å². The smallest absolute Gasteiger partial charge is 0.257 e. The molecular weight excluding hydrogens is 360 g/mol. The van der Waals surface area contributed by atoms with Crippen LogP contribution in [0.1, 0.15) is 15.9 Å². The van der Waals surface area contributed by atoms with E-state index in [0.29, 0.717) is 21.8 Å². The van der Waals surface area contributed by atoms with Gasteiger partial charge in [-0.3, -0.25) is 9.36 Å². The summed E-state index contributed by atoms with van der Waals surface area (Å²) in [7, 11) is 0. The van der Waals surface area contributed by atoms with Crippen molar-refractivity contribution in [1.82, 2.24) is 23.5 Å². The molecule has 4 rings (SSSR count). The van der Waals surface area contributed by atoms with E-state index in [1.807, 2.05) is 19.1 Å². The zero-order chi connectivity index (χ0) is 17.4. The van der Waals surface area contributed by atoms with Crippen molar-refractivity contribution in [3.63, 3.8) is 0 Å². The van der Waals surface area contributed by atoms with Gasteiger partial charge in [0.1, 0.15) is 23.7 Å². The molecule has 2 aromatic heterocycles. The highest BCUT2D eigenvalue weighted by molar-refractivity contribution is 7.00. The normalized spacial score (nSPS) is 11.0. The molecule has 4 aromatic rings. The van der Waals surface area contributed by atoms with E-state index in [-0.39, 0.29) is 5.91 Å². The third kappa shape index (κ3) is 2.86. The molecule has 0 atom stereocenters. The first-order valence-corrected chi connectivity index (χ1v) is 8.42. The zero-order valence-corrected chi connectivity index (χ0v) is 14.5. The zero-order valence-electron chi connectivity index (χ0n) is 13.0. The van der Waals surface area contributed by atoms with Gasteiger partial charge in [0.15, 0.2) is 0 Å². The number of nitrogens with one attached hydrogen (secondary N) is 1. The van der Waals surface area contributed by atoms with Crippen LogP contribution in [-0.2, 0) is 0 Å². The fourth-order valence-electron chi connectivity index (χ4n) is 2.47. The SMILES string of the molecule is Cc1ccc2nsnc2c1NC(=O)c1cc(-n2cnnc2)ccc1Cl. The molecule has 0 radical (unpaired) electrons. The second-order valence-electron chi connectivity index (χ2n) is 5.38. The highest BCUT2D eigenvalue weighted by Crippen LogP contribution is 2.27. The van der Waals surface area contributed by atoms with Crippen LogP contribution in [0.4, 0.5) is 5.69 Å². The molecule has 25 heavy (non-hydrogen) atoms. The maximum Gasteiger partial charge on any atom is 0.257 e. The minimum atomic E-state index is -0.316. The Morgan fingerprint density at radius 1 is 1.16 bits per heavy atom. The van der Waals surface area contributed by atoms with E-state index in [2.05, 4.69) is 24.3 Å². The molecule has 124 valence electrons. The van der Waals surface area contributed by atoms with E-state index in [1.54, 1.807) is 35.4 Å². The van der Waals surface area contributed by atoms with Crippen molar-refractivity contribution in [2.45, 2.75) is 6.92 Å². The molecule has 7 nitrogen and oxygen atoms in total. The van der Waals surface area contributed by atoms with E-state index in [9.17, 15) is 4.79 Å². The van der Waals surface area contributed by atoms with E-state index in [1.165, 1.54) is 0 Å². The maximum atomic E-state index is 12.8. The number of fused-ring (bicyclic) bond motifs is 1. The Kier molecular flexibility index (Phi) is 3.90. The van der Waals surface area contributed by atoms with Crippen molar-refractivity contribution in [3.8, 4) is 5.69 Å². The van der Waals surface area contributed by atoms with Crippen LogP contribution in [0.2, 0.25) is 5.02 Å².